The highest BCUT2D eigenvalue weighted by Gasteiger charge is 2.35. The van der Waals surface area contributed by atoms with Crippen LogP contribution in [0.15, 0.2) is 36.7 Å². The second-order valence-corrected chi connectivity index (χ2v) is 9.05. The fourth-order valence-corrected chi connectivity index (χ4v) is 3.54. The summed E-state index contributed by atoms with van der Waals surface area (Å²) in [5.41, 5.74) is 0.139. The molecule has 2 amide bonds. The SMILES string of the molecule is CCOc1cc(-c2ncc(NC(=O)Nc3ccc(CC(C)(C)C#N)c(C(F)(F)F)c3)c(C)n2)cnc1C. The van der Waals surface area contributed by atoms with E-state index >= 15 is 0 Å². The third kappa shape index (κ3) is 6.94. The number of nitriles is 1. The number of ether oxygens (including phenoxy) is 1. The summed E-state index contributed by atoms with van der Waals surface area (Å²) < 4.78 is 46.6. The van der Waals surface area contributed by atoms with Crippen molar-refractivity contribution in [1.29, 1.82) is 5.26 Å². The van der Waals surface area contributed by atoms with Crippen molar-refractivity contribution in [2.24, 2.45) is 5.41 Å². The number of rotatable bonds is 7. The lowest BCUT2D eigenvalue weighted by molar-refractivity contribution is -0.138. The predicted octanol–water partition coefficient (Wildman–Crippen LogP) is 6.31. The van der Waals surface area contributed by atoms with E-state index in [4.69, 9.17) is 4.74 Å². The van der Waals surface area contributed by atoms with Crippen molar-refractivity contribution >= 4 is 17.4 Å². The molecule has 1 aromatic carbocycles. The number of carbonyl (C=O) groups is 1. The van der Waals surface area contributed by atoms with E-state index in [0.29, 0.717) is 29.4 Å². The minimum atomic E-state index is -4.65. The number of amides is 2. The van der Waals surface area contributed by atoms with Crippen LogP contribution in [0.2, 0.25) is 0 Å². The van der Waals surface area contributed by atoms with Crippen LogP contribution in [0.1, 0.15) is 43.3 Å². The Morgan fingerprint density at radius 1 is 1.08 bits per heavy atom. The van der Waals surface area contributed by atoms with Crippen LogP contribution in [0.25, 0.3) is 11.4 Å². The Balaban J connectivity index is 1.77. The molecule has 0 aliphatic heterocycles. The molecule has 0 saturated carbocycles. The lowest BCUT2D eigenvalue weighted by Crippen LogP contribution is -2.22. The van der Waals surface area contributed by atoms with Gasteiger partial charge in [0.1, 0.15) is 5.75 Å². The molecule has 8 nitrogen and oxygen atoms in total. The van der Waals surface area contributed by atoms with E-state index in [1.807, 2.05) is 19.9 Å². The van der Waals surface area contributed by atoms with Crippen molar-refractivity contribution in [3.8, 4) is 23.2 Å². The van der Waals surface area contributed by atoms with Gasteiger partial charge in [0.05, 0.1) is 46.9 Å². The zero-order chi connectivity index (χ0) is 27.4. The first-order valence-corrected chi connectivity index (χ1v) is 11.5. The number of urea groups is 1. The number of aromatic nitrogens is 3. The van der Waals surface area contributed by atoms with Gasteiger partial charge in [-0.1, -0.05) is 6.07 Å². The number of aryl methyl sites for hydroxylation is 2. The molecule has 0 radical (unpaired) electrons. The molecule has 0 bridgehead atoms. The molecule has 0 atom stereocenters. The van der Waals surface area contributed by atoms with Crippen LogP contribution in [0.4, 0.5) is 29.3 Å². The van der Waals surface area contributed by atoms with Gasteiger partial charge in [-0.05, 0) is 64.8 Å². The Morgan fingerprint density at radius 2 is 1.81 bits per heavy atom. The average molecular weight is 513 g/mol. The molecule has 11 heteroatoms. The molecule has 37 heavy (non-hydrogen) atoms. The molecule has 0 saturated heterocycles. The van der Waals surface area contributed by atoms with Crippen LogP contribution in [0, 0.1) is 30.6 Å². The monoisotopic (exact) mass is 512 g/mol. The van der Waals surface area contributed by atoms with E-state index in [1.54, 1.807) is 33.0 Å². The summed E-state index contributed by atoms with van der Waals surface area (Å²) in [5.74, 6) is 0.992. The molecule has 3 rings (SSSR count). The average Bonchev–Trinajstić information content (AvgIpc) is 2.82. The van der Waals surface area contributed by atoms with Crippen LogP contribution < -0.4 is 15.4 Å². The van der Waals surface area contributed by atoms with E-state index < -0.39 is 23.2 Å². The lowest BCUT2D eigenvalue weighted by Gasteiger charge is -2.20. The Hall–Kier alpha value is -4.20. The minimum Gasteiger partial charge on any atom is -0.492 e. The third-order valence-electron chi connectivity index (χ3n) is 5.43. The van der Waals surface area contributed by atoms with Gasteiger partial charge in [-0.3, -0.25) is 4.98 Å². The highest BCUT2D eigenvalue weighted by Crippen LogP contribution is 2.36. The molecule has 0 spiro atoms. The Bertz CT molecular complexity index is 1350. The Kier molecular flexibility index (Phi) is 8.01. The van der Waals surface area contributed by atoms with E-state index in [0.717, 1.165) is 11.8 Å². The number of nitrogens with zero attached hydrogens (tertiary/aromatic N) is 4. The maximum atomic E-state index is 13.7. The molecule has 194 valence electrons. The van der Waals surface area contributed by atoms with Crippen molar-refractivity contribution in [1.82, 2.24) is 15.0 Å². The first-order chi connectivity index (χ1) is 17.3. The second kappa shape index (κ2) is 10.8. The number of halogens is 3. The largest absolute Gasteiger partial charge is 0.492 e. The van der Waals surface area contributed by atoms with Gasteiger partial charge >= 0.3 is 12.2 Å². The van der Waals surface area contributed by atoms with Gasteiger partial charge in [0.15, 0.2) is 5.82 Å². The number of nitrogens with one attached hydrogen (secondary N) is 2. The van der Waals surface area contributed by atoms with Gasteiger partial charge in [-0.15, -0.1) is 0 Å². The summed E-state index contributed by atoms with van der Waals surface area (Å²) >= 11 is 0. The van der Waals surface area contributed by atoms with Gasteiger partial charge in [0.25, 0.3) is 0 Å². The van der Waals surface area contributed by atoms with Crippen molar-refractivity contribution in [3.05, 3.63) is 59.2 Å². The lowest BCUT2D eigenvalue weighted by atomic mass is 9.85. The molecule has 0 fully saturated rings. The number of anilines is 2. The summed E-state index contributed by atoms with van der Waals surface area (Å²) in [7, 11) is 0. The molecule has 0 aliphatic rings. The number of pyridine rings is 1. The minimum absolute atomic E-state index is 0.0251. The van der Waals surface area contributed by atoms with Crippen LogP contribution in [0.3, 0.4) is 0 Å². The Labute approximate surface area is 212 Å². The highest BCUT2D eigenvalue weighted by atomic mass is 19.4. The topological polar surface area (TPSA) is 113 Å². The van der Waals surface area contributed by atoms with E-state index in [9.17, 15) is 23.2 Å². The molecule has 3 aromatic rings. The summed E-state index contributed by atoms with van der Waals surface area (Å²) in [6.45, 7) is 8.97. The Morgan fingerprint density at radius 3 is 2.43 bits per heavy atom. The summed E-state index contributed by atoms with van der Waals surface area (Å²) in [6.07, 6.45) is -1.71. The standard InChI is InChI=1S/C26H27F3N6O2/c1-6-37-22-9-18(12-31-16(22)3)23-32-13-21(15(2)33-23)35-24(36)34-19-8-7-17(11-25(4,5)14-30)20(10-19)26(27,28)29/h7-10,12-13H,6,11H2,1-5H3,(H2,34,35,36). The van der Waals surface area contributed by atoms with Crippen molar-refractivity contribution in [2.45, 2.75) is 47.2 Å². The maximum Gasteiger partial charge on any atom is 0.416 e. The van der Waals surface area contributed by atoms with Crippen molar-refractivity contribution in [2.75, 3.05) is 17.2 Å². The predicted molar refractivity (Wildman–Crippen MR) is 133 cm³/mol. The van der Waals surface area contributed by atoms with Crippen molar-refractivity contribution < 1.29 is 22.7 Å². The highest BCUT2D eigenvalue weighted by molar-refractivity contribution is 6.00. The second-order valence-electron chi connectivity index (χ2n) is 9.05. The molecule has 2 N–H and O–H groups in total. The number of benzene rings is 1. The van der Waals surface area contributed by atoms with Crippen molar-refractivity contribution in [3.63, 3.8) is 0 Å². The van der Waals surface area contributed by atoms with Gasteiger partial charge in [0, 0.05) is 17.4 Å². The zero-order valence-electron chi connectivity index (χ0n) is 21.1. The number of alkyl halides is 3. The molecular formula is C26H27F3N6O2. The van der Waals surface area contributed by atoms with Gasteiger partial charge < -0.3 is 15.4 Å². The fourth-order valence-electron chi connectivity index (χ4n) is 3.54. The summed E-state index contributed by atoms with van der Waals surface area (Å²) in [4.78, 5) is 25.5. The zero-order valence-corrected chi connectivity index (χ0v) is 21.1. The smallest absolute Gasteiger partial charge is 0.416 e. The number of hydrogen-bond donors (Lipinski definition) is 2. The summed E-state index contributed by atoms with van der Waals surface area (Å²) in [6, 6.07) is 6.52. The van der Waals surface area contributed by atoms with E-state index in [1.165, 1.54) is 18.3 Å². The molecule has 2 aromatic heterocycles. The van der Waals surface area contributed by atoms with Crippen LogP contribution in [0.5, 0.6) is 5.75 Å². The quantitative estimate of drug-likeness (QED) is 0.384. The molecule has 0 unspecified atom stereocenters. The maximum absolute atomic E-state index is 13.7. The van der Waals surface area contributed by atoms with Crippen LogP contribution >= 0.6 is 0 Å². The first kappa shape index (κ1) is 27.4. The third-order valence-corrected chi connectivity index (χ3v) is 5.43. The van der Waals surface area contributed by atoms with Crippen LogP contribution in [-0.4, -0.2) is 27.6 Å². The molecular weight excluding hydrogens is 485 g/mol. The molecule has 0 aliphatic carbocycles. The van der Waals surface area contributed by atoms with Crippen LogP contribution in [-0.2, 0) is 12.6 Å². The van der Waals surface area contributed by atoms with Gasteiger partial charge in [-0.25, -0.2) is 14.8 Å². The van der Waals surface area contributed by atoms with E-state index in [-0.39, 0.29) is 23.4 Å². The first-order valence-electron chi connectivity index (χ1n) is 11.5. The number of carbonyl (C=O) groups excluding carboxylic acids is 1. The van der Waals surface area contributed by atoms with Gasteiger partial charge in [-0.2, -0.15) is 18.4 Å². The normalized spacial score (nSPS) is 11.5. The van der Waals surface area contributed by atoms with Gasteiger partial charge in [0.2, 0.25) is 0 Å². The number of hydrogen-bond acceptors (Lipinski definition) is 6. The summed E-state index contributed by atoms with van der Waals surface area (Å²) in [5, 5.41) is 14.2. The molecule has 2 heterocycles. The van der Waals surface area contributed by atoms with E-state index in [2.05, 4.69) is 25.6 Å². The fraction of sp³-hybridized carbons (Fsp3) is 0.346.